The number of aromatic nitrogens is 2. The van der Waals surface area contributed by atoms with Crippen molar-refractivity contribution >= 4 is 5.95 Å². The van der Waals surface area contributed by atoms with Gasteiger partial charge in [0.2, 0.25) is 5.95 Å². The molecule has 1 aromatic rings. The summed E-state index contributed by atoms with van der Waals surface area (Å²) in [6.07, 6.45) is 4.27. The molecule has 2 aliphatic rings. The molecule has 0 spiro atoms. The summed E-state index contributed by atoms with van der Waals surface area (Å²) in [6, 6.07) is 1.83. The fourth-order valence-corrected chi connectivity index (χ4v) is 3.41. The van der Waals surface area contributed by atoms with Gasteiger partial charge in [-0.1, -0.05) is 13.8 Å². The van der Waals surface area contributed by atoms with Gasteiger partial charge in [-0.2, -0.15) is 0 Å². The summed E-state index contributed by atoms with van der Waals surface area (Å²) in [4.78, 5) is 13.2. The molecule has 3 heterocycles. The molecule has 3 rings (SSSR count). The molecule has 0 unspecified atom stereocenters. The lowest BCUT2D eigenvalue weighted by Crippen LogP contribution is -2.62. The molecule has 2 fully saturated rings. The second-order valence-electron chi connectivity index (χ2n) is 7.02. The number of hydrogen-bond donors (Lipinski definition) is 1. The Morgan fingerprint density at radius 3 is 2.50 bits per heavy atom. The van der Waals surface area contributed by atoms with Crippen LogP contribution in [0.4, 0.5) is 5.95 Å². The molecule has 1 atom stereocenters. The zero-order chi connectivity index (χ0) is 15.6. The fourth-order valence-electron chi connectivity index (χ4n) is 3.41. The molecule has 0 saturated carbocycles. The van der Waals surface area contributed by atoms with E-state index in [9.17, 15) is 5.11 Å². The number of hydrogen-bond acceptors (Lipinski definition) is 6. The molecular weight excluding hydrogens is 280 g/mol. The van der Waals surface area contributed by atoms with Crippen LogP contribution in [-0.4, -0.2) is 71.5 Å². The summed E-state index contributed by atoms with van der Waals surface area (Å²) in [7, 11) is 0. The number of anilines is 1. The molecule has 0 aliphatic carbocycles. The van der Waals surface area contributed by atoms with Crippen molar-refractivity contribution in [2.45, 2.75) is 25.9 Å². The van der Waals surface area contributed by atoms with Gasteiger partial charge in [-0.25, -0.2) is 9.97 Å². The van der Waals surface area contributed by atoms with Crippen LogP contribution in [0, 0.1) is 5.41 Å². The van der Waals surface area contributed by atoms with Gasteiger partial charge < -0.3 is 14.7 Å². The Morgan fingerprint density at radius 2 is 1.86 bits per heavy atom. The summed E-state index contributed by atoms with van der Waals surface area (Å²) >= 11 is 0. The van der Waals surface area contributed by atoms with E-state index in [1.165, 1.54) is 0 Å². The van der Waals surface area contributed by atoms with E-state index in [1.54, 1.807) is 12.4 Å². The molecule has 0 amide bonds. The highest BCUT2D eigenvalue weighted by Gasteiger charge is 2.48. The lowest BCUT2D eigenvalue weighted by molar-refractivity contribution is -0.111. The highest BCUT2D eigenvalue weighted by molar-refractivity contribution is 5.31. The zero-order valence-electron chi connectivity index (χ0n) is 13.5. The van der Waals surface area contributed by atoms with Crippen molar-refractivity contribution in [1.29, 1.82) is 0 Å². The first-order valence-corrected chi connectivity index (χ1v) is 8.05. The number of morpholine rings is 1. The topological polar surface area (TPSA) is 61.7 Å². The van der Waals surface area contributed by atoms with Crippen molar-refractivity contribution in [2.24, 2.45) is 5.41 Å². The lowest BCUT2D eigenvalue weighted by atomic mass is 9.69. The Hall–Kier alpha value is -1.24. The predicted molar refractivity (Wildman–Crippen MR) is 84.9 cm³/mol. The van der Waals surface area contributed by atoms with Crippen LogP contribution in [0.15, 0.2) is 18.5 Å². The molecule has 2 saturated heterocycles. The number of ether oxygens (including phenoxy) is 1. The average molecular weight is 306 g/mol. The minimum absolute atomic E-state index is 0.219. The minimum Gasteiger partial charge on any atom is -0.388 e. The first-order chi connectivity index (χ1) is 10.5. The Kier molecular flexibility index (Phi) is 4.34. The van der Waals surface area contributed by atoms with Crippen molar-refractivity contribution < 1.29 is 9.84 Å². The molecule has 2 aliphatic heterocycles. The molecule has 6 heteroatoms. The second-order valence-corrected chi connectivity index (χ2v) is 7.02. The third-order valence-corrected chi connectivity index (χ3v) is 5.07. The highest BCUT2D eigenvalue weighted by atomic mass is 16.5. The summed E-state index contributed by atoms with van der Waals surface area (Å²) < 4.78 is 5.40. The molecule has 1 aromatic heterocycles. The van der Waals surface area contributed by atoms with Crippen LogP contribution in [-0.2, 0) is 4.74 Å². The molecule has 6 nitrogen and oxygen atoms in total. The first-order valence-electron chi connectivity index (χ1n) is 8.05. The third kappa shape index (κ3) is 3.09. The Labute approximate surface area is 132 Å². The molecule has 1 N–H and O–H groups in total. The van der Waals surface area contributed by atoms with E-state index >= 15 is 0 Å². The van der Waals surface area contributed by atoms with Gasteiger partial charge in [-0.05, 0) is 12.5 Å². The van der Waals surface area contributed by atoms with Crippen LogP contribution in [0.1, 0.15) is 20.3 Å². The quantitative estimate of drug-likeness (QED) is 0.890. The van der Waals surface area contributed by atoms with Gasteiger partial charge in [0.25, 0.3) is 0 Å². The number of aliphatic hydroxyl groups is 1. The van der Waals surface area contributed by atoms with Crippen LogP contribution < -0.4 is 4.90 Å². The van der Waals surface area contributed by atoms with Crippen molar-refractivity contribution in [1.82, 2.24) is 14.9 Å². The summed E-state index contributed by atoms with van der Waals surface area (Å²) in [5, 5.41) is 11.3. The first kappa shape index (κ1) is 15.6. The normalized spacial score (nSPS) is 29.5. The average Bonchev–Trinajstić information content (AvgIpc) is 2.52. The summed E-state index contributed by atoms with van der Waals surface area (Å²) in [6.45, 7) is 9.89. The maximum absolute atomic E-state index is 11.3. The minimum atomic E-state index is -0.685. The van der Waals surface area contributed by atoms with Crippen LogP contribution >= 0.6 is 0 Å². The molecule has 122 valence electrons. The number of rotatable bonds is 3. The van der Waals surface area contributed by atoms with Crippen molar-refractivity contribution in [3.8, 4) is 0 Å². The number of piperidine rings is 1. The number of β-amino-alcohol motifs (C(OH)–C–C–N with tert-alkyl or cyclic N) is 1. The van der Waals surface area contributed by atoms with Crippen LogP contribution in [0.2, 0.25) is 0 Å². The van der Waals surface area contributed by atoms with Crippen molar-refractivity contribution in [2.75, 3.05) is 50.8 Å². The van der Waals surface area contributed by atoms with Gasteiger partial charge in [0.05, 0.1) is 18.8 Å². The Balaban J connectivity index is 1.69. The van der Waals surface area contributed by atoms with Gasteiger partial charge in [0, 0.05) is 50.5 Å². The van der Waals surface area contributed by atoms with E-state index in [0.717, 1.165) is 51.8 Å². The molecule has 0 aromatic carbocycles. The van der Waals surface area contributed by atoms with Crippen LogP contribution in [0.3, 0.4) is 0 Å². The maximum atomic E-state index is 11.3. The highest BCUT2D eigenvalue weighted by Crippen LogP contribution is 2.40. The predicted octanol–water partition coefficient (Wildman–Crippen LogP) is 0.776. The van der Waals surface area contributed by atoms with Gasteiger partial charge in [-0.3, -0.25) is 4.90 Å². The Morgan fingerprint density at radius 1 is 1.18 bits per heavy atom. The largest absolute Gasteiger partial charge is 0.388 e. The van der Waals surface area contributed by atoms with E-state index in [2.05, 4.69) is 33.6 Å². The van der Waals surface area contributed by atoms with Crippen LogP contribution in [0.25, 0.3) is 0 Å². The SMILES string of the molecule is CC1(C)CN(c2ncccn2)CC[C@@]1(O)CN1CCOCC1. The standard InChI is InChI=1S/C16H26N4O2/c1-15(2)12-20(14-17-5-3-6-18-14)7-4-16(15,21)13-19-8-10-22-11-9-19/h3,5-6,21H,4,7-13H2,1-2H3/t16-/m1/s1. The van der Waals surface area contributed by atoms with E-state index in [4.69, 9.17) is 4.74 Å². The van der Waals surface area contributed by atoms with Gasteiger partial charge in [0.1, 0.15) is 0 Å². The molecule has 0 bridgehead atoms. The summed E-state index contributed by atoms with van der Waals surface area (Å²) in [5.74, 6) is 0.754. The number of nitrogens with zero attached hydrogens (tertiary/aromatic N) is 4. The smallest absolute Gasteiger partial charge is 0.225 e. The third-order valence-electron chi connectivity index (χ3n) is 5.07. The van der Waals surface area contributed by atoms with E-state index < -0.39 is 5.60 Å². The monoisotopic (exact) mass is 306 g/mol. The van der Waals surface area contributed by atoms with E-state index in [1.807, 2.05) is 6.07 Å². The molecule has 22 heavy (non-hydrogen) atoms. The molecular formula is C16H26N4O2. The van der Waals surface area contributed by atoms with Crippen LogP contribution in [0.5, 0.6) is 0 Å². The fraction of sp³-hybridized carbons (Fsp3) is 0.750. The Bertz CT molecular complexity index is 490. The summed E-state index contributed by atoms with van der Waals surface area (Å²) in [5.41, 5.74) is -0.904. The van der Waals surface area contributed by atoms with Crippen molar-refractivity contribution in [3.63, 3.8) is 0 Å². The van der Waals surface area contributed by atoms with Gasteiger partial charge >= 0.3 is 0 Å². The maximum Gasteiger partial charge on any atom is 0.225 e. The van der Waals surface area contributed by atoms with Crippen molar-refractivity contribution in [3.05, 3.63) is 18.5 Å². The van der Waals surface area contributed by atoms with Gasteiger partial charge in [0.15, 0.2) is 0 Å². The van der Waals surface area contributed by atoms with E-state index in [-0.39, 0.29) is 5.41 Å². The van der Waals surface area contributed by atoms with Gasteiger partial charge in [-0.15, -0.1) is 0 Å². The van der Waals surface area contributed by atoms with E-state index in [0.29, 0.717) is 6.54 Å². The second kappa shape index (κ2) is 6.10. The lowest BCUT2D eigenvalue weighted by Gasteiger charge is -2.52. The molecule has 0 radical (unpaired) electrons. The zero-order valence-corrected chi connectivity index (χ0v) is 13.5.